The minimum Gasteiger partial charge on any atom is -0.475 e. The predicted octanol–water partition coefficient (Wildman–Crippen LogP) is 5.70. The molecule has 0 unspecified atom stereocenters. The van der Waals surface area contributed by atoms with Gasteiger partial charge in [0.2, 0.25) is 0 Å². The molecule has 3 aromatic carbocycles. The third-order valence-electron chi connectivity index (χ3n) is 5.59. The van der Waals surface area contributed by atoms with Crippen LogP contribution in [0.4, 0.5) is 18.9 Å². The molecule has 0 bridgehead atoms. The van der Waals surface area contributed by atoms with Gasteiger partial charge < -0.3 is 20.5 Å². The van der Waals surface area contributed by atoms with Crippen LogP contribution in [0.3, 0.4) is 0 Å². The van der Waals surface area contributed by atoms with Crippen LogP contribution < -0.4 is 20.1 Å². The van der Waals surface area contributed by atoms with E-state index in [1.165, 1.54) is 30.3 Å². The fourth-order valence-electron chi connectivity index (χ4n) is 3.54. The van der Waals surface area contributed by atoms with E-state index >= 15 is 0 Å². The SMILES string of the molecule is O=C(NC1CCNCC1)c1ccc(S(=O)(=O)Nc2ccccc2Oc2ccc(Cl)cc2Cl)cc1.O=C(O)C(F)(F)F. The van der Waals surface area contributed by atoms with Gasteiger partial charge in [0.15, 0.2) is 5.75 Å². The Kier molecular flexibility index (Phi) is 10.8. The van der Waals surface area contributed by atoms with Gasteiger partial charge in [-0.15, -0.1) is 0 Å². The van der Waals surface area contributed by atoms with Crippen molar-refractivity contribution >= 4 is 50.8 Å². The summed E-state index contributed by atoms with van der Waals surface area (Å²) in [5, 5.41) is 14.1. The summed E-state index contributed by atoms with van der Waals surface area (Å²) in [4.78, 5) is 21.4. The highest BCUT2D eigenvalue weighted by atomic mass is 35.5. The maximum atomic E-state index is 13.0. The van der Waals surface area contributed by atoms with Gasteiger partial charge in [-0.3, -0.25) is 9.52 Å². The number of carboxylic acid groups (broad SMARTS) is 1. The van der Waals surface area contributed by atoms with Crippen molar-refractivity contribution in [3.8, 4) is 11.5 Å². The maximum Gasteiger partial charge on any atom is 0.490 e. The molecule has 0 spiro atoms. The molecule has 4 rings (SSSR count). The molecule has 4 N–H and O–H groups in total. The Balaban J connectivity index is 0.000000587. The lowest BCUT2D eigenvalue weighted by Gasteiger charge is -2.23. The fraction of sp³-hybridized carbons (Fsp3) is 0.231. The summed E-state index contributed by atoms with van der Waals surface area (Å²) in [6.07, 6.45) is -3.35. The number of benzene rings is 3. The normalized spacial score (nSPS) is 13.9. The smallest absolute Gasteiger partial charge is 0.475 e. The molecule has 1 fully saturated rings. The first-order chi connectivity index (χ1) is 19.3. The second-order valence-electron chi connectivity index (χ2n) is 8.60. The van der Waals surface area contributed by atoms with E-state index in [0.29, 0.717) is 21.4 Å². The largest absolute Gasteiger partial charge is 0.490 e. The molecule has 3 aromatic rings. The Morgan fingerprint density at radius 1 is 0.951 bits per heavy atom. The number of alkyl halides is 3. The van der Waals surface area contributed by atoms with Gasteiger partial charge in [-0.2, -0.15) is 13.2 Å². The van der Waals surface area contributed by atoms with Crippen molar-refractivity contribution < 1.29 is 41.0 Å². The number of carbonyl (C=O) groups is 2. The first-order valence-corrected chi connectivity index (χ1v) is 14.2. The topological polar surface area (TPSA) is 134 Å². The highest BCUT2D eigenvalue weighted by Gasteiger charge is 2.38. The number of aliphatic carboxylic acids is 1. The third-order valence-corrected chi connectivity index (χ3v) is 7.50. The number of piperidine rings is 1. The van der Waals surface area contributed by atoms with Crippen LogP contribution in [-0.2, 0) is 14.8 Å². The minimum absolute atomic E-state index is 0.0187. The summed E-state index contributed by atoms with van der Waals surface area (Å²) in [5.41, 5.74) is 0.639. The number of anilines is 1. The van der Waals surface area contributed by atoms with Crippen LogP contribution in [0.2, 0.25) is 10.0 Å². The Hall–Kier alpha value is -3.52. The van der Waals surface area contributed by atoms with E-state index in [1.54, 1.807) is 36.4 Å². The lowest BCUT2D eigenvalue weighted by atomic mass is 10.1. The molecule has 41 heavy (non-hydrogen) atoms. The molecule has 0 saturated carbocycles. The van der Waals surface area contributed by atoms with Crippen LogP contribution in [0.5, 0.6) is 11.5 Å². The zero-order valence-electron chi connectivity index (χ0n) is 21.0. The monoisotopic (exact) mass is 633 g/mol. The Morgan fingerprint density at radius 3 is 2.15 bits per heavy atom. The zero-order chi connectivity index (χ0) is 30.2. The summed E-state index contributed by atoms with van der Waals surface area (Å²) < 4.78 is 66.1. The molecule has 1 aliphatic rings. The molecule has 1 saturated heterocycles. The molecule has 1 amide bonds. The van der Waals surface area contributed by atoms with Gasteiger partial charge >= 0.3 is 12.1 Å². The molecular formula is C26H24Cl2F3N3O6S. The van der Waals surface area contributed by atoms with E-state index in [0.717, 1.165) is 25.9 Å². The van der Waals surface area contributed by atoms with Crippen LogP contribution >= 0.6 is 23.2 Å². The number of carbonyl (C=O) groups excluding carboxylic acids is 1. The molecular weight excluding hydrogens is 610 g/mol. The van der Waals surface area contributed by atoms with Gasteiger partial charge in [0, 0.05) is 16.6 Å². The second-order valence-corrected chi connectivity index (χ2v) is 11.1. The number of rotatable bonds is 7. The van der Waals surface area contributed by atoms with Crippen molar-refractivity contribution in [1.29, 1.82) is 0 Å². The number of carboxylic acids is 1. The molecule has 0 atom stereocenters. The number of para-hydroxylation sites is 2. The highest BCUT2D eigenvalue weighted by molar-refractivity contribution is 7.92. The summed E-state index contributed by atoms with van der Waals surface area (Å²) in [7, 11) is -3.94. The maximum absolute atomic E-state index is 13.0. The molecule has 1 heterocycles. The Labute approximate surface area is 243 Å². The van der Waals surface area contributed by atoms with Crippen LogP contribution in [0.25, 0.3) is 0 Å². The lowest BCUT2D eigenvalue weighted by molar-refractivity contribution is -0.192. The molecule has 9 nitrogen and oxygen atoms in total. The number of halogens is 5. The van der Waals surface area contributed by atoms with Crippen LogP contribution in [0.15, 0.2) is 71.6 Å². The van der Waals surface area contributed by atoms with Crippen molar-refractivity contribution in [1.82, 2.24) is 10.6 Å². The van der Waals surface area contributed by atoms with Gasteiger partial charge in [-0.05, 0) is 80.5 Å². The van der Waals surface area contributed by atoms with Crippen LogP contribution in [0.1, 0.15) is 23.2 Å². The number of nitrogens with one attached hydrogen (secondary N) is 3. The number of hydrogen-bond donors (Lipinski definition) is 4. The van der Waals surface area contributed by atoms with Crippen LogP contribution in [-0.4, -0.2) is 50.7 Å². The van der Waals surface area contributed by atoms with E-state index < -0.39 is 22.2 Å². The average molecular weight is 634 g/mol. The zero-order valence-corrected chi connectivity index (χ0v) is 23.4. The fourth-order valence-corrected chi connectivity index (χ4v) is 5.06. The van der Waals surface area contributed by atoms with Gasteiger partial charge in [0.25, 0.3) is 15.9 Å². The molecule has 1 aliphatic heterocycles. The number of sulfonamides is 1. The van der Waals surface area contributed by atoms with E-state index in [9.17, 15) is 26.4 Å². The summed E-state index contributed by atoms with van der Waals surface area (Å²) in [6.45, 7) is 1.73. The standard InChI is InChI=1S/C24H23Cl2N3O4S.C2HF3O2/c25-17-7-10-22(20(26)15-17)33-23-4-2-1-3-21(23)29-34(31,32)19-8-5-16(6-9-19)24(30)28-18-11-13-27-14-12-18;3-2(4,5)1(6)7/h1-10,15,18,27,29H,11-14H2,(H,28,30);(H,6,7). The number of amides is 1. The van der Waals surface area contributed by atoms with Gasteiger partial charge in [0.1, 0.15) is 5.75 Å². The van der Waals surface area contributed by atoms with E-state index in [2.05, 4.69) is 15.4 Å². The summed E-state index contributed by atoms with van der Waals surface area (Å²) in [5.74, 6) is -2.37. The van der Waals surface area contributed by atoms with Crippen molar-refractivity contribution in [3.63, 3.8) is 0 Å². The summed E-state index contributed by atoms with van der Waals surface area (Å²) in [6, 6.07) is 17.3. The van der Waals surface area contributed by atoms with Crippen LogP contribution in [0, 0.1) is 0 Å². The summed E-state index contributed by atoms with van der Waals surface area (Å²) >= 11 is 12.1. The molecule has 0 aliphatic carbocycles. The van der Waals surface area contributed by atoms with Gasteiger partial charge in [-0.25, -0.2) is 13.2 Å². The highest BCUT2D eigenvalue weighted by Crippen LogP contribution is 2.35. The quantitative estimate of drug-likeness (QED) is 0.262. The number of hydrogen-bond acceptors (Lipinski definition) is 6. The Morgan fingerprint density at radius 2 is 1.56 bits per heavy atom. The first kappa shape index (κ1) is 32.0. The van der Waals surface area contributed by atoms with Crippen molar-refractivity contribution in [2.45, 2.75) is 30.0 Å². The van der Waals surface area contributed by atoms with E-state index in [1.807, 2.05) is 0 Å². The second kappa shape index (κ2) is 13.9. The lowest BCUT2D eigenvalue weighted by Crippen LogP contribution is -2.42. The van der Waals surface area contributed by atoms with E-state index in [4.69, 9.17) is 37.8 Å². The van der Waals surface area contributed by atoms with Crippen molar-refractivity contribution in [2.24, 2.45) is 0 Å². The average Bonchev–Trinajstić information content (AvgIpc) is 2.91. The van der Waals surface area contributed by atoms with Crippen molar-refractivity contribution in [2.75, 3.05) is 17.8 Å². The molecule has 0 aromatic heterocycles. The predicted molar refractivity (Wildman–Crippen MR) is 147 cm³/mol. The third kappa shape index (κ3) is 9.52. The Bertz CT molecular complexity index is 1480. The minimum atomic E-state index is -5.08. The van der Waals surface area contributed by atoms with Gasteiger partial charge in [0.05, 0.1) is 15.6 Å². The first-order valence-electron chi connectivity index (χ1n) is 11.9. The molecule has 0 radical (unpaired) electrons. The molecule has 220 valence electrons. The van der Waals surface area contributed by atoms with Crippen molar-refractivity contribution in [3.05, 3.63) is 82.3 Å². The number of ether oxygens (including phenoxy) is 1. The van der Waals surface area contributed by atoms with Gasteiger partial charge in [-0.1, -0.05) is 35.3 Å². The molecule has 15 heteroatoms. The van der Waals surface area contributed by atoms with E-state index in [-0.39, 0.29) is 28.3 Å².